The van der Waals surface area contributed by atoms with Crippen molar-refractivity contribution in [1.82, 2.24) is 5.32 Å². The predicted octanol–water partition coefficient (Wildman–Crippen LogP) is 3.44. The Bertz CT molecular complexity index is 216. The highest BCUT2D eigenvalue weighted by atomic mass is 32.1. The van der Waals surface area contributed by atoms with Gasteiger partial charge in [-0.05, 0) is 30.3 Å². The molecule has 0 saturated carbocycles. The fourth-order valence-corrected chi connectivity index (χ4v) is 2.41. The van der Waals surface area contributed by atoms with Crippen molar-refractivity contribution in [2.75, 3.05) is 6.54 Å². The lowest BCUT2D eigenvalue weighted by atomic mass is 10.0. The van der Waals surface area contributed by atoms with Crippen LogP contribution in [0.25, 0.3) is 0 Å². The van der Waals surface area contributed by atoms with Gasteiger partial charge in [-0.2, -0.15) is 0 Å². The van der Waals surface area contributed by atoms with Crippen LogP contribution in [0.2, 0.25) is 0 Å². The molecule has 74 valence electrons. The highest BCUT2D eigenvalue weighted by Crippen LogP contribution is 2.25. The van der Waals surface area contributed by atoms with E-state index in [0.717, 1.165) is 6.54 Å². The lowest BCUT2D eigenvalue weighted by Crippen LogP contribution is -2.25. The molecule has 0 fully saturated rings. The fraction of sp³-hybridized carbons (Fsp3) is 0.636. The van der Waals surface area contributed by atoms with Crippen LogP contribution in [-0.4, -0.2) is 6.54 Å². The van der Waals surface area contributed by atoms with Gasteiger partial charge in [0, 0.05) is 10.9 Å². The van der Waals surface area contributed by atoms with Gasteiger partial charge in [-0.1, -0.05) is 26.8 Å². The van der Waals surface area contributed by atoms with E-state index in [1.54, 1.807) is 0 Å². The second-order valence-corrected chi connectivity index (χ2v) is 4.67. The van der Waals surface area contributed by atoms with Gasteiger partial charge >= 0.3 is 0 Å². The summed E-state index contributed by atoms with van der Waals surface area (Å²) in [4.78, 5) is 1.46. The lowest BCUT2D eigenvalue weighted by molar-refractivity contribution is 0.418. The molecule has 1 aromatic heterocycles. The highest BCUT2D eigenvalue weighted by Gasteiger charge is 2.14. The summed E-state index contributed by atoms with van der Waals surface area (Å²) in [5.74, 6) is 0.671. The minimum absolute atomic E-state index is 0.542. The third-order valence-corrected chi connectivity index (χ3v) is 3.09. The first-order valence-electron chi connectivity index (χ1n) is 5.02. The average Bonchev–Trinajstić information content (AvgIpc) is 2.57. The third-order valence-electron chi connectivity index (χ3n) is 2.13. The van der Waals surface area contributed by atoms with Crippen molar-refractivity contribution < 1.29 is 0 Å². The van der Waals surface area contributed by atoms with E-state index in [4.69, 9.17) is 0 Å². The van der Waals surface area contributed by atoms with Crippen molar-refractivity contribution in [1.29, 1.82) is 0 Å². The van der Waals surface area contributed by atoms with Crippen LogP contribution in [-0.2, 0) is 0 Å². The zero-order chi connectivity index (χ0) is 9.68. The number of thiophene rings is 1. The topological polar surface area (TPSA) is 12.0 Å². The van der Waals surface area contributed by atoms with Crippen molar-refractivity contribution in [3.8, 4) is 0 Å². The van der Waals surface area contributed by atoms with E-state index in [1.165, 1.54) is 11.3 Å². The van der Waals surface area contributed by atoms with E-state index in [1.807, 2.05) is 11.3 Å². The van der Waals surface area contributed by atoms with E-state index in [0.29, 0.717) is 12.0 Å². The maximum absolute atomic E-state index is 3.58. The van der Waals surface area contributed by atoms with Crippen LogP contribution in [0.5, 0.6) is 0 Å². The van der Waals surface area contributed by atoms with Crippen molar-refractivity contribution in [3.63, 3.8) is 0 Å². The standard InChI is InChI=1S/C11H19NS/c1-4-7-12-11(9(2)3)10-6-5-8-13-10/h5-6,8-9,11-12H,4,7H2,1-3H3. The summed E-state index contributed by atoms with van der Waals surface area (Å²) in [6, 6.07) is 4.89. The molecule has 1 atom stereocenters. The van der Waals surface area contributed by atoms with Crippen LogP contribution in [0.4, 0.5) is 0 Å². The first kappa shape index (κ1) is 10.7. The molecule has 1 unspecified atom stereocenters. The second-order valence-electron chi connectivity index (χ2n) is 3.69. The second kappa shape index (κ2) is 5.40. The molecule has 1 aromatic rings. The minimum Gasteiger partial charge on any atom is -0.309 e. The summed E-state index contributed by atoms with van der Waals surface area (Å²) in [5.41, 5.74) is 0. The molecular formula is C11H19NS. The molecule has 0 aromatic carbocycles. The zero-order valence-corrected chi connectivity index (χ0v) is 9.53. The van der Waals surface area contributed by atoms with Crippen LogP contribution < -0.4 is 5.32 Å². The van der Waals surface area contributed by atoms with Gasteiger partial charge in [-0.3, -0.25) is 0 Å². The molecular weight excluding hydrogens is 178 g/mol. The molecule has 1 nitrogen and oxygen atoms in total. The monoisotopic (exact) mass is 197 g/mol. The molecule has 0 spiro atoms. The predicted molar refractivity (Wildman–Crippen MR) is 60.2 cm³/mol. The molecule has 0 saturated heterocycles. The van der Waals surface area contributed by atoms with E-state index in [-0.39, 0.29) is 0 Å². The highest BCUT2D eigenvalue weighted by molar-refractivity contribution is 7.10. The molecule has 0 aliphatic heterocycles. The van der Waals surface area contributed by atoms with Gasteiger partial charge in [-0.25, -0.2) is 0 Å². The van der Waals surface area contributed by atoms with Crippen LogP contribution in [0.15, 0.2) is 17.5 Å². The van der Waals surface area contributed by atoms with E-state index < -0.39 is 0 Å². The minimum atomic E-state index is 0.542. The van der Waals surface area contributed by atoms with Gasteiger partial charge in [0.25, 0.3) is 0 Å². The first-order valence-corrected chi connectivity index (χ1v) is 5.90. The summed E-state index contributed by atoms with van der Waals surface area (Å²) in [5, 5.41) is 5.73. The zero-order valence-electron chi connectivity index (χ0n) is 8.71. The normalized spacial score (nSPS) is 13.5. The Balaban J connectivity index is 2.58. The van der Waals surface area contributed by atoms with E-state index >= 15 is 0 Å². The van der Waals surface area contributed by atoms with Crippen LogP contribution >= 0.6 is 11.3 Å². The molecule has 0 aliphatic carbocycles. The summed E-state index contributed by atoms with van der Waals surface area (Å²) < 4.78 is 0. The molecule has 1 N–H and O–H groups in total. The van der Waals surface area contributed by atoms with Crippen molar-refractivity contribution in [2.45, 2.75) is 33.2 Å². The Hall–Kier alpha value is -0.340. The van der Waals surface area contributed by atoms with Crippen molar-refractivity contribution in [2.24, 2.45) is 5.92 Å². The third kappa shape index (κ3) is 3.12. The largest absolute Gasteiger partial charge is 0.309 e. The quantitative estimate of drug-likeness (QED) is 0.762. The number of hydrogen-bond acceptors (Lipinski definition) is 2. The van der Waals surface area contributed by atoms with Crippen LogP contribution in [0.1, 0.15) is 38.1 Å². The van der Waals surface area contributed by atoms with Gasteiger partial charge in [0.05, 0.1) is 0 Å². The Morgan fingerprint density at radius 1 is 1.46 bits per heavy atom. The molecule has 0 bridgehead atoms. The number of nitrogens with one attached hydrogen (secondary N) is 1. The SMILES string of the molecule is CCCNC(c1cccs1)C(C)C. The van der Waals surface area contributed by atoms with Crippen LogP contribution in [0.3, 0.4) is 0 Å². The Morgan fingerprint density at radius 3 is 2.69 bits per heavy atom. The van der Waals surface area contributed by atoms with E-state index in [2.05, 4.69) is 43.6 Å². The molecule has 0 radical (unpaired) electrons. The van der Waals surface area contributed by atoms with Gasteiger partial charge in [0.15, 0.2) is 0 Å². The summed E-state index contributed by atoms with van der Waals surface area (Å²) in [7, 11) is 0. The molecule has 1 rings (SSSR count). The van der Waals surface area contributed by atoms with Crippen molar-refractivity contribution >= 4 is 11.3 Å². The summed E-state index contributed by atoms with van der Waals surface area (Å²) >= 11 is 1.85. The lowest BCUT2D eigenvalue weighted by Gasteiger charge is -2.20. The number of rotatable bonds is 5. The molecule has 2 heteroatoms. The van der Waals surface area contributed by atoms with Gasteiger partial charge in [0.1, 0.15) is 0 Å². The Morgan fingerprint density at radius 2 is 2.23 bits per heavy atom. The maximum Gasteiger partial charge on any atom is 0.0438 e. The molecule has 1 heterocycles. The van der Waals surface area contributed by atoms with Crippen LogP contribution in [0, 0.1) is 5.92 Å². The van der Waals surface area contributed by atoms with Gasteiger partial charge in [-0.15, -0.1) is 11.3 Å². The molecule has 0 amide bonds. The molecule has 13 heavy (non-hydrogen) atoms. The Labute approximate surface area is 85.2 Å². The fourth-order valence-electron chi connectivity index (χ4n) is 1.43. The van der Waals surface area contributed by atoms with Gasteiger partial charge in [0.2, 0.25) is 0 Å². The van der Waals surface area contributed by atoms with E-state index in [9.17, 15) is 0 Å². The first-order chi connectivity index (χ1) is 6.25. The van der Waals surface area contributed by atoms with Gasteiger partial charge < -0.3 is 5.32 Å². The number of hydrogen-bond donors (Lipinski definition) is 1. The maximum atomic E-state index is 3.58. The average molecular weight is 197 g/mol. The smallest absolute Gasteiger partial charge is 0.0438 e. The summed E-state index contributed by atoms with van der Waals surface area (Å²) in [6.07, 6.45) is 1.20. The summed E-state index contributed by atoms with van der Waals surface area (Å²) in [6.45, 7) is 7.86. The molecule has 0 aliphatic rings. The Kier molecular flexibility index (Phi) is 4.46. The van der Waals surface area contributed by atoms with Crippen molar-refractivity contribution in [3.05, 3.63) is 22.4 Å².